The van der Waals surface area contributed by atoms with Crippen molar-refractivity contribution in [2.24, 2.45) is 0 Å². The number of ether oxygens (including phenoxy) is 1. The maximum absolute atomic E-state index is 11.7. The van der Waals surface area contributed by atoms with Crippen molar-refractivity contribution in [3.8, 4) is 0 Å². The molecule has 1 fully saturated rings. The van der Waals surface area contributed by atoms with Gasteiger partial charge in [-0.25, -0.2) is 4.79 Å². The van der Waals surface area contributed by atoms with Crippen molar-refractivity contribution in [3.05, 3.63) is 0 Å². The van der Waals surface area contributed by atoms with Crippen LogP contribution in [0.4, 0.5) is 4.79 Å². The van der Waals surface area contributed by atoms with E-state index in [9.17, 15) is 4.79 Å². The van der Waals surface area contributed by atoms with Gasteiger partial charge in [-0.2, -0.15) is 0 Å². The van der Waals surface area contributed by atoms with E-state index in [2.05, 4.69) is 6.92 Å². The highest BCUT2D eigenvalue weighted by molar-refractivity contribution is 5.68. The van der Waals surface area contributed by atoms with Crippen LogP contribution < -0.4 is 0 Å². The van der Waals surface area contributed by atoms with Gasteiger partial charge in [0.1, 0.15) is 0 Å². The second-order valence-corrected chi connectivity index (χ2v) is 4.18. The van der Waals surface area contributed by atoms with Gasteiger partial charge in [0.2, 0.25) is 0 Å². The Morgan fingerprint density at radius 2 is 2.21 bits per heavy atom. The molecule has 3 heteroatoms. The summed E-state index contributed by atoms with van der Waals surface area (Å²) in [5, 5.41) is 0. The zero-order chi connectivity index (χ0) is 10.6. The monoisotopic (exact) mass is 199 g/mol. The molecule has 1 aliphatic heterocycles. The fourth-order valence-corrected chi connectivity index (χ4v) is 1.93. The summed E-state index contributed by atoms with van der Waals surface area (Å²) in [7, 11) is 0. The third kappa shape index (κ3) is 2.89. The van der Waals surface area contributed by atoms with Crippen molar-refractivity contribution in [2.45, 2.75) is 58.6 Å². The first-order valence-electron chi connectivity index (χ1n) is 5.62. The van der Waals surface area contributed by atoms with Crippen LogP contribution in [-0.2, 0) is 4.74 Å². The number of hydrogen-bond donors (Lipinski definition) is 0. The van der Waals surface area contributed by atoms with Gasteiger partial charge in [-0.1, -0.05) is 6.92 Å². The number of amides is 1. The van der Waals surface area contributed by atoms with Gasteiger partial charge >= 0.3 is 6.09 Å². The molecule has 1 heterocycles. The van der Waals surface area contributed by atoms with Gasteiger partial charge in [0.15, 0.2) is 0 Å². The summed E-state index contributed by atoms with van der Waals surface area (Å²) < 4.78 is 5.21. The minimum Gasteiger partial charge on any atom is -0.447 e. The highest BCUT2D eigenvalue weighted by Gasteiger charge is 2.26. The molecule has 1 rings (SSSR count). The molecule has 0 aromatic carbocycles. The van der Waals surface area contributed by atoms with E-state index in [4.69, 9.17) is 4.74 Å². The number of nitrogens with zero attached hydrogens (tertiary/aromatic N) is 1. The predicted octanol–water partition coefficient (Wildman–Crippen LogP) is 2.80. The molecule has 0 aromatic heterocycles. The van der Waals surface area contributed by atoms with Crippen LogP contribution in [-0.4, -0.2) is 29.7 Å². The molecule has 1 aliphatic rings. The van der Waals surface area contributed by atoms with Gasteiger partial charge in [-0.15, -0.1) is 0 Å². The first kappa shape index (κ1) is 11.3. The van der Waals surface area contributed by atoms with E-state index in [0.717, 1.165) is 25.8 Å². The summed E-state index contributed by atoms with van der Waals surface area (Å²) in [6, 6.07) is 0.398. The lowest BCUT2D eigenvalue weighted by Crippen LogP contribution is -2.44. The zero-order valence-corrected chi connectivity index (χ0v) is 9.45. The van der Waals surface area contributed by atoms with E-state index in [1.165, 1.54) is 6.42 Å². The Hall–Kier alpha value is -0.730. The van der Waals surface area contributed by atoms with Gasteiger partial charge in [-0.3, -0.25) is 0 Å². The molecule has 14 heavy (non-hydrogen) atoms. The molecule has 0 saturated carbocycles. The molecule has 0 aromatic rings. The van der Waals surface area contributed by atoms with Crippen molar-refractivity contribution in [1.29, 1.82) is 0 Å². The van der Waals surface area contributed by atoms with Crippen molar-refractivity contribution < 1.29 is 9.53 Å². The summed E-state index contributed by atoms with van der Waals surface area (Å²) in [6.07, 6.45) is 4.37. The Bertz CT molecular complexity index is 192. The molecule has 1 unspecified atom stereocenters. The fraction of sp³-hybridized carbons (Fsp3) is 0.909. The third-order valence-corrected chi connectivity index (χ3v) is 2.67. The van der Waals surface area contributed by atoms with Crippen LogP contribution in [0, 0.1) is 0 Å². The highest BCUT2D eigenvalue weighted by Crippen LogP contribution is 2.20. The van der Waals surface area contributed by atoms with Crippen LogP contribution in [0.15, 0.2) is 0 Å². The third-order valence-electron chi connectivity index (χ3n) is 2.67. The van der Waals surface area contributed by atoms with E-state index in [1.807, 2.05) is 18.7 Å². The molecular weight excluding hydrogens is 178 g/mol. The van der Waals surface area contributed by atoms with Crippen molar-refractivity contribution in [2.75, 3.05) is 6.54 Å². The first-order valence-corrected chi connectivity index (χ1v) is 5.62. The van der Waals surface area contributed by atoms with E-state index in [-0.39, 0.29) is 12.2 Å². The second-order valence-electron chi connectivity index (χ2n) is 4.18. The van der Waals surface area contributed by atoms with Gasteiger partial charge in [-0.05, 0) is 39.5 Å². The van der Waals surface area contributed by atoms with E-state index in [1.54, 1.807) is 0 Å². The van der Waals surface area contributed by atoms with Gasteiger partial charge in [0.05, 0.1) is 6.10 Å². The first-order chi connectivity index (χ1) is 6.65. The lowest BCUT2D eigenvalue weighted by atomic mass is 10.0. The van der Waals surface area contributed by atoms with Crippen molar-refractivity contribution in [3.63, 3.8) is 0 Å². The van der Waals surface area contributed by atoms with Crippen LogP contribution in [0.1, 0.15) is 46.5 Å². The number of carbonyl (C=O) groups is 1. The molecule has 0 spiro atoms. The lowest BCUT2D eigenvalue weighted by Gasteiger charge is -2.34. The van der Waals surface area contributed by atoms with E-state index >= 15 is 0 Å². The van der Waals surface area contributed by atoms with Crippen LogP contribution in [0.5, 0.6) is 0 Å². The highest BCUT2D eigenvalue weighted by atomic mass is 16.6. The minimum atomic E-state index is -0.133. The Balaban J connectivity index is 2.50. The SMILES string of the molecule is CCC1CCCCN1C(=O)OC(C)C. The number of likely N-dealkylation sites (tertiary alicyclic amines) is 1. The molecule has 82 valence electrons. The second kappa shape index (κ2) is 5.23. The molecule has 1 atom stereocenters. The lowest BCUT2D eigenvalue weighted by molar-refractivity contribution is 0.0521. The summed E-state index contributed by atoms with van der Waals surface area (Å²) in [6.45, 7) is 6.78. The number of carbonyl (C=O) groups excluding carboxylic acids is 1. The molecule has 3 nitrogen and oxygen atoms in total. The Morgan fingerprint density at radius 1 is 1.50 bits per heavy atom. The zero-order valence-electron chi connectivity index (χ0n) is 9.45. The molecule has 0 N–H and O–H groups in total. The molecule has 1 saturated heterocycles. The average molecular weight is 199 g/mol. The predicted molar refractivity (Wildman–Crippen MR) is 56.3 cm³/mol. The molecule has 0 aliphatic carbocycles. The van der Waals surface area contributed by atoms with Crippen LogP contribution in [0.25, 0.3) is 0 Å². The Labute approximate surface area is 86.4 Å². The minimum absolute atomic E-state index is 0.0121. The Kier molecular flexibility index (Phi) is 4.23. The number of rotatable bonds is 2. The summed E-state index contributed by atoms with van der Waals surface area (Å²) in [4.78, 5) is 13.6. The van der Waals surface area contributed by atoms with Crippen LogP contribution in [0.3, 0.4) is 0 Å². The number of piperidine rings is 1. The topological polar surface area (TPSA) is 29.5 Å². The van der Waals surface area contributed by atoms with Crippen LogP contribution >= 0.6 is 0 Å². The summed E-state index contributed by atoms with van der Waals surface area (Å²) in [5.74, 6) is 0. The van der Waals surface area contributed by atoms with Gasteiger partial charge < -0.3 is 9.64 Å². The van der Waals surface area contributed by atoms with Crippen molar-refractivity contribution in [1.82, 2.24) is 4.90 Å². The smallest absolute Gasteiger partial charge is 0.410 e. The maximum atomic E-state index is 11.7. The molecule has 0 bridgehead atoms. The molecular formula is C11H21NO2. The van der Waals surface area contributed by atoms with Crippen molar-refractivity contribution >= 4 is 6.09 Å². The largest absolute Gasteiger partial charge is 0.447 e. The van der Waals surface area contributed by atoms with Crippen LogP contribution in [0.2, 0.25) is 0 Å². The number of hydrogen-bond acceptors (Lipinski definition) is 2. The van der Waals surface area contributed by atoms with E-state index < -0.39 is 0 Å². The average Bonchev–Trinajstić information content (AvgIpc) is 2.16. The molecule has 0 radical (unpaired) electrons. The summed E-state index contributed by atoms with van der Waals surface area (Å²) >= 11 is 0. The normalized spacial score (nSPS) is 22.6. The quantitative estimate of drug-likeness (QED) is 0.684. The maximum Gasteiger partial charge on any atom is 0.410 e. The molecule has 1 amide bonds. The fourth-order valence-electron chi connectivity index (χ4n) is 1.93. The standard InChI is InChI=1S/C11H21NO2/c1-4-10-7-5-6-8-12(10)11(13)14-9(2)3/h9-10H,4-8H2,1-3H3. The Morgan fingerprint density at radius 3 is 2.79 bits per heavy atom. The van der Waals surface area contributed by atoms with E-state index in [0.29, 0.717) is 6.04 Å². The summed E-state index contributed by atoms with van der Waals surface area (Å²) in [5.41, 5.74) is 0. The van der Waals surface area contributed by atoms with Gasteiger partial charge in [0, 0.05) is 12.6 Å². The van der Waals surface area contributed by atoms with Gasteiger partial charge in [0.25, 0.3) is 0 Å².